The Morgan fingerprint density at radius 3 is 2.29 bits per heavy atom. The zero-order chi connectivity index (χ0) is 20.1. The minimum Gasteiger partial charge on any atom is -0.490 e. The van der Waals surface area contributed by atoms with Gasteiger partial charge in [0.05, 0.1) is 13.2 Å². The van der Waals surface area contributed by atoms with E-state index in [1.807, 2.05) is 0 Å². The van der Waals surface area contributed by atoms with Crippen molar-refractivity contribution in [3.63, 3.8) is 0 Å². The first-order chi connectivity index (χ1) is 13.4. The van der Waals surface area contributed by atoms with Gasteiger partial charge < -0.3 is 19.9 Å². The van der Waals surface area contributed by atoms with Crippen molar-refractivity contribution < 1.29 is 28.6 Å². The number of aliphatic carboxylic acids is 1. The zero-order valence-electron chi connectivity index (χ0n) is 15.5. The van der Waals surface area contributed by atoms with E-state index in [0.717, 1.165) is 25.0 Å². The van der Waals surface area contributed by atoms with E-state index < -0.39 is 23.2 Å². The van der Waals surface area contributed by atoms with Crippen molar-refractivity contribution >= 4 is 11.9 Å². The van der Waals surface area contributed by atoms with Gasteiger partial charge >= 0.3 is 5.97 Å². The summed E-state index contributed by atoms with van der Waals surface area (Å²) in [4.78, 5) is 24.4. The number of amides is 1. The minimum absolute atomic E-state index is 0.0854. The Kier molecular flexibility index (Phi) is 5.94. The Morgan fingerprint density at radius 2 is 1.71 bits per heavy atom. The SMILES string of the molecule is CC(NC(=O)c1ccc(OC2CCOCC2)cc1)(C(=O)O)c1ccc(F)cc1. The summed E-state index contributed by atoms with van der Waals surface area (Å²) in [6.07, 6.45) is 1.72. The van der Waals surface area contributed by atoms with Gasteiger partial charge in [-0.05, 0) is 48.9 Å². The molecule has 7 heteroatoms. The number of carboxylic acids is 1. The summed E-state index contributed by atoms with van der Waals surface area (Å²) in [5, 5.41) is 12.2. The molecule has 2 aromatic rings. The fraction of sp³-hybridized carbons (Fsp3) is 0.333. The molecule has 2 N–H and O–H groups in total. The van der Waals surface area contributed by atoms with E-state index in [2.05, 4.69) is 5.32 Å². The molecule has 1 heterocycles. The number of carbonyl (C=O) groups excluding carboxylic acids is 1. The summed E-state index contributed by atoms with van der Waals surface area (Å²) in [7, 11) is 0. The van der Waals surface area contributed by atoms with Crippen molar-refractivity contribution in [3.8, 4) is 5.75 Å². The highest BCUT2D eigenvalue weighted by Gasteiger charge is 2.37. The number of carbonyl (C=O) groups is 2. The molecular weight excluding hydrogens is 365 g/mol. The maximum absolute atomic E-state index is 13.2. The molecule has 148 valence electrons. The van der Waals surface area contributed by atoms with Crippen molar-refractivity contribution in [2.45, 2.75) is 31.4 Å². The fourth-order valence-corrected chi connectivity index (χ4v) is 3.00. The van der Waals surface area contributed by atoms with Gasteiger partial charge in [-0.2, -0.15) is 0 Å². The molecule has 0 radical (unpaired) electrons. The largest absolute Gasteiger partial charge is 0.490 e. The predicted molar refractivity (Wildman–Crippen MR) is 99.8 cm³/mol. The summed E-state index contributed by atoms with van der Waals surface area (Å²) in [6, 6.07) is 11.5. The fourth-order valence-electron chi connectivity index (χ4n) is 3.00. The topological polar surface area (TPSA) is 84.9 Å². The van der Waals surface area contributed by atoms with Crippen LogP contribution >= 0.6 is 0 Å². The van der Waals surface area contributed by atoms with Crippen LogP contribution in [0.3, 0.4) is 0 Å². The second kappa shape index (κ2) is 8.39. The van der Waals surface area contributed by atoms with Crippen LogP contribution < -0.4 is 10.1 Å². The van der Waals surface area contributed by atoms with Gasteiger partial charge in [0, 0.05) is 18.4 Å². The molecule has 0 aliphatic carbocycles. The van der Waals surface area contributed by atoms with Crippen LogP contribution in [-0.2, 0) is 15.1 Å². The molecule has 6 nitrogen and oxygen atoms in total. The Morgan fingerprint density at radius 1 is 1.11 bits per heavy atom. The monoisotopic (exact) mass is 387 g/mol. The molecule has 0 saturated carbocycles. The third-order valence-corrected chi connectivity index (χ3v) is 4.80. The van der Waals surface area contributed by atoms with Gasteiger partial charge in [0.2, 0.25) is 0 Å². The average Bonchev–Trinajstić information content (AvgIpc) is 2.69. The van der Waals surface area contributed by atoms with Gasteiger partial charge in [-0.15, -0.1) is 0 Å². The summed E-state index contributed by atoms with van der Waals surface area (Å²) < 4.78 is 24.3. The highest BCUT2D eigenvalue weighted by molar-refractivity contribution is 5.98. The standard InChI is InChI=1S/C21H22FNO5/c1-21(20(25)26,15-4-6-16(22)7-5-15)23-19(24)14-2-8-17(9-3-14)28-18-10-12-27-13-11-18/h2-9,18H,10-13H2,1H3,(H,23,24)(H,25,26). The molecular formula is C21H22FNO5. The number of ether oxygens (including phenoxy) is 2. The van der Waals surface area contributed by atoms with E-state index in [-0.39, 0.29) is 11.7 Å². The number of nitrogens with one attached hydrogen (secondary N) is 1. The van der Waals surface area contributed by atoms with Crippen LogP contribution in [-0.4, -0.2) is 36.3 Å². The lowest BCUT2D eigenvalue weighted by molar-refractivity contribution is -0.144. The molecule has 1 amide bonds. The van der Waals surface area contributed by atoms with Crippen LogP contribution in [0.25, 0.3) is 0 Å². The average molecular weight is 387 g/mol. The van der Waals surface area contributed by atoms with Gasteiger partial charge in [0.25, 0.3) is 5.91 Å². The zero-order valence-corrected chi connectivity index (χ0v) is 15.5. The van der Waals surface area contributed by atoms with Crippen molar-refractivity contribution in [1.29, 1.82) is 0 Å². The molecule has 1 saturated heterocycles. The maximum Gasteiger partial charge on any atom is 0.333 e. The molecule has 2 aromatic carbocycles. The molecule has 0 spiro atoms. The minimum atomic E-state index is -1.69. The molecule has 28 heavy (non-hydrogen) atoms. The maximum atomic E-state index is 13.2. The van der Waals surface area contributed by atoms with Gasteiger partial charge in [0.1, 0.15) is 17.7 Å². The van der Waals surface area contributed by atoms with Crippen LogP contribution in [0.2, 0.25) is 0 Å². The number of rotatable bonds is 6. The summed E-state index contributed by atoms with van der Waals surface area (Å²) in [5.74, 6) is -1.63. The summed E-state index contributed by atoms with van der Waals surface area (Å²) >= 11 is 0. The highest BCUT2D eigenvalue weighted by Crippen LogP contribution is 2.23. The molecule has 0 aromatic heterocycles. The van der Waals surface area contributed by atoms with E-state index in [1.165, 1.54) is 19.1 Å². The lowest BCUT2D eigenvalue weighted by Crippen LogP contribution is -2.49. The normalized spacial score (nSPS) is 16.8. The number of halogens is 1. The van der Waals surface area contributed by atoms with Gasteiger partial charge in [-0.3, -0.25) is 4.79 Å². The van der Waals surface area contributed by atoms with Gasteiger partial charge in [-0.25, -0.2) is 9.18 Å². The third kappa shape index (κ3) is 4.48. The summed E-state index contributed by atoms with van der Waals surface area (Å²) in [5.41, 5.74) is -1.12. The first kappa shape index (κ1) is 19.8. The molecule has 1 atom stereocenters. The van der Waals surface area contributed by atoms with Crippen LogP contribution in [0, 0.1) is 5.82 Å². The Hall–Kier alpha value is -2.93. The Labute approximate surface area is 162 Å². The first-order valence-electron chi connectivity index (χ1n) is 9.05. The van der Waals surface area contributed by atoms with E-state index in [9.17, 15) is 19.1 Å². The summed E-state index contributed by atoms with van der Waals surface area (Å²) in [6.45, 7) is 2.70. The number of hydrogen-bond donors (Lipinski definition) is 2. The van der Waals surface area contributed by atoms with Crippen LogP contribution in [0.4, 0.5) is 4.39 Å². The second-order valence-electron chi connectivity index (χ2n) is 6.85. The highest BCUT2D eigenvalue weighted by atomic mass is 19.1. The Bertz CT molecular complexity index is 831. The van der Waals surface area contributed by atoms with E-state index >= 15 is 0 Å². The predicted octanol–water partition coefficient (Wildman–Crippen LogP) is 3.11. The number of benzene rings is 2. The van der Waals surface area contributed by atoms with Crippen LogP contribution in [0.1, 0.15) is 35.7 Å². The lowest BCUT2D eigenvalue weighted by Gasteiger charge is -2.27. The molecule has 1 unspecified atom stereocenters. The van der Waals surface area contributed by atoms with Gasteiger partial charge in [-0.1, -0.05) is 12.1 Å². The van der Waals surface area contributed by atoms with E-state index in [1.54, 1.807) is 24.3 Å². The molecule has 1 fully saturated rings. The van der Waals surface area contributed by atoms with E-state index in [4.69, 9.17) is 9.47 Å². The quantitative estimate of drug-likeness (QED) is 0.796. The van der Waals surface area contributed by atoms with E-state index in [0.29, 0.717) is 24.5 Å². The van der Waals surface area contributed by atoms with Crippen molar-refractivity contribution in [1.82, 2.24) is 5.32 Å². The molecule has 1 aliphatic heterocycles. The second-order valence-corrected chi connectivity index (χ2v) is 6.85. The number of carboxylic acid groups (broad SMARTS) is 1. The first-order valence-corrected chi connectivity index (χ1v) is 9.05. The Balaban J connectivity index is 1.71. The molecule has 1 aliphatic rings. The lowest BCUT2D eigenvalue weighted by atomic mass is 9.91. The smallest absolute Gasteiger partial charge is 0.333 e. The number of hydrogen-bond acceptors (Lipinski definition) is 4. The third-order valence-electron chi connectivity index (χ3n) is 4.80. The van der Waals surface area contributed by atoms with Crippen LogP contribution in [0.5, 0.6) is 5.75 Å². The molecule has 0 bridgehead atoms. The van der Waals surface area contributed by atoms with Crippen LogP contribution in [0.15, 0.2) is 48.5 Å². The van der Waals surface area contributed by atoms with Crippen molar-refractivity contribution in [2.24, 2.45) is 0 Å². The van der Waals surface area contributed by atoms with Gasteiger partial charge in [0.15, 0.2) is 5.54 Å². The molecule has 3 rings (SSSR count). The van der Waals surface area contributed by atoms with Crippen molar-refractivity contribution in [2.75, 3.05) is 13.2 Å². The van der Waals surface area contributed by atoms with Crippen molar-refractivity contribution in [3.05, 3.63) is 65.5 Å².